The molecule has 196 valence electrons. The summed E-state index contributed by atoms with van der Waals surface area (Å²) < 4.78 is 22.0. The van der Waals surface area contributed by atoms with E-state index in [4.69, 9.17) is 23.6 Å². The smallest absolute Gasteiger partial charge is 0.338 e. The van der Waals surface area contributed by atoms with Gasteiger partial charge in [-0.25, -0.2) is 9.79 Å². The predicted molar refractivity (Wildman–Crippen MR) is 141 cm³/mol. The Hall–Kier alpha value is -3.66. The maximum atomic E-state index is 13.5. The number of methoxy groups -OCH3 is 2. The van der Waals surface area contributed by atoms with E-state index in [1.807, 2.05) is 43.2 Å². The van der Waals surface area contributed by atoms with Gasteiger partial charge in [0.15, 0.2) is 16.7 Å². The van der Waals surface area contributed by atoms with Crippen molar-refractivity contribution in [1.82, 2.24) is 10.2 Å². The number of benzene rings is 1. The van der Waals surface area contributed by atoms with Crippen LogP contribution >= 0.6 is 11.8 Å². The van der Waals surface area contributed by atoms with E-state index in [1.54, 1.807) is 45.6 Å². The summed E-state index contributed by atoms with van der Waals surface area (Å²) in [5.41, 5.74) is 1.75. The molecule has 3 heterocycles. The zero-order chi connectivity index (χ0) is 26.7. The molecule has 0 saturated heterocycles. The van der Waals surface area contributed by atoms with Gasteiger partial charge >= 0.3 is 5.97 Å². The Morgan fingerprint density at radius 2 is 1.92 bits per heavy atom. The van der Waals surface area contributed by atoms with E-state index in [1.165, 1.54) is 11.8 Å². The average Bonchev–Trinajstić information content (AvgIpc) is 3.50. The van der Waals surface area contributed by atoms with Crippen molar-refractivity contribution in [2.45, 2.75) is 52.3 Å². The van der Waals surface area contributed by atoms with E-state index in [9.17, 15) is 9.59 Å². The highest BCUT2D eigenvalue weighted by atomic mass is 32.2. The lowest BCUT2D eigenvalue weighted by Crippen LogP contribution is -2.39. The molecule has 1 atom stereocenters. The molecule has 1 aromatic carbocycles. The molecule has 1 amide bonds. The highest BCUT2D eigenvalue weighted by molar-refractivity contribution is 8.16. The van der Waals surface area contributed by atoms with Gasteiger partial charge in [0.05, 0.1) is 50.8 Å². The monoisotopic (exact) mass is 525 g/mol. The largest absolute Gasteiger partial charge is 0.493 e. The number of esters is 1. The van der Waals surface area contributed by atoms with Crippen LogP contribution in [-0.4, -0.2) is 41.8 Å². The summed E-state index contributed by atoms with van der Waals surface area (Å²) in [6.07, 6.45) is 1.66. The fraction of sp³-hybridized carbons (Fsp3) is 0.370. The van der Waals surface area contributed by atoms with Crippen LogP contribution in [0.3, 0.4) is 0 Å². The lowest BCUT2D eigenvalue weighted by Gasteiger charge is -2.37. The number of amides is 1. The van der Waals surface area contributed by atoms with Crippen molar-refractivity contribution in [2.75, 3.05) is 14.2 Å². The summed E-state index contributed by atoms with van der Waals surface area (Å²) in [5, 5.41) is 5.45. The van der Waals surface area contributed by atoms with Crippen LogP contribution in [0.1, 0.15) is 51.5 Å². The molecule has 0 saturated carbocycles. The molecular weight excluding hydrogens is 494 g/mol. The van der Waals surface area contributed by atoms with E-state index in [0.717, 1.165) is 5.56 Å². The van der Waals surface area contributed by atoms with Gasteiger partial charge < -0.3 is 28.8 Å². The van der Waals surface area contributed by atoms with E-state index < -0.39 is 17.6 Å². The number of aliphatic imine (C=N–C) groups is 1. The van der Waals surface area contributed by atoms with Crippen LogP contribution in [0.5, 0.6) is 11.5 Å². The molecule has 2 aliphatic rings. The van der Waals surface area contributed by atoms with Crippen LogP contribution in [0.25, 0.3) is 0 Å². The van der Waals surface area contributed by atoms with Gasteiger partial charge in [-0.2, -0.15) is 0 Å². The summed E-state index contributed by atoms with van der Waals surface area (Å²) in [7, 11) is 3.13. The highest BCUT2D eigenvalue weighted by Gasteiger charge is 2.42. The first kappa shape index (κ1) is 26.4. The zero-order valence-electron chi connectivity index (χ0n) is 21.8. The van der Waals surface area contributed by atoms with Gasteiger partial charge in [-0.15, -0.1) is 0 Å². The number of ether oxygens (including phenoxy) is 3. The topological polar surface area (TPSA) is 103 Å². The minimum atomic E-state index is -0.694. The first-order valence-electron chi connectivity index (χ1n) is 11.8. The zero-order valence-corrected chi connectivity index (χ0v) is 22.6. The molecule has 1 unspecified atom stereocenters. The summed E-state index contributed by atoms with van der Waals surface area (Å²) in [4.78, 5) is 33.0. The van der Waals surface area contributed by atoms with Gasteiger partial charge in [-0.1, -0.05) is 17.8 Å². The summed E-state index contributed by atoms with van der Waals surface area (Å²) >= 11 is 1.41. The molecule has 0 spiro atoms. The second-order valence-corrected chi connectivity index (χ2v) is 10.4. The molecule has 37 heavy (non-hydrogen) atoms. The van der Waals surface area contributed by atoms with Crippen molar-refractivity contribution in [1.29, 1.82) is 0 Å². The number of hydrogen-bond donors (Lipinski definition) is 1. The molecule has 1 N–H and O–H groups in total. The normalized spacial score (nSPS) is 17.1. The maximum absolute atomic E-state index is 13.5. The molecule has 0 bridgehead atoms. The second-order valence-electron chi connectivity index (χ2n) is 9.54. The molecule has 9 nitrogen and oxygen atoms in total. The number of carbonyl (C=O) groups is 2. The van der Waals surface area contributed by atoms with E-state index in [2.05, 4.69) is 5.32 Å². The highest BCUT2D eigenvalue weighted by Crippen LogP contribution is 2.46. The van der Waals surface area contributed by atoms with Crippen molar-refractivity contribution in [3.63, 3.8) is 0 Å². The Balaban J connectivity index is 1.70. The van der Waals surface area contributed by atoms with Crippen molar-refractivity contribution >= 4 is 28.8 Å². The Labute approximate surface area is 220 Å². The molecule has 10 heteroatoms. The van der Waals surface area contributed by atoms with Crippen molar-refractivity contribution in [3.8, 4) is 11.5 Å². The van der Waals surface area contributed by atoms with Crippen molar-refractivity contribution in [2.24, 2.45) is 4.99 Å². The first-order valence-corrected chi connectivity index (χ1v) is 12.7. The van der Waals surface area contributed by atoms with Gasteiger partial charge in [0.2, 0.25) is 5.91 Å². The molecule has 0 fully saturated rings. The van der Waals surface area contributed by atoms with Gasteiger partial charge in [0.25, 0.3) is 0 Å². The molecule has 2 aliphatic heterocycles. The summed E-state index contributed by atoms with van der Waals surface area (Å²) in [6, 6.07) is 8.50. The Morgan fingerprint density at radius 1 is 1.16 bits per heavy atom. The second kappa shape index (κ2) is 10.8. The minimum absolute atomic E-state index is 0.0944. The quantitative estimate of drug-likeness (QED) is 0.485. The van der Waals surface area contributed by atoms with Gasteiger partial charge in [-0.05, 0) is 62.9 Å². The molecule has 0 aliphatic carbocycles. The fourth-order valence-electron chi connectivity index (χ4n) is 4.13. The number of thioether (sulfide) groups is 1. The van der Waals surface area contributed by atoms with Crippen LogP contribution in [-0.2, 0) is 20.9 Å². The third kappa shape index (κ3) is 5.85. The van der Waals surface area contributed by atoms with E-state index in [0.29, 0.717) is 39.4 Å². The summed E-state index contributed by atoms with van der Waals surface area (Å²) in [5.74, 6) is 1.11. The van der Waals surface area contributed by atoms with Crippen LogP contribution in [0.2, 0.25) is 0 Å². The summed E-state index contributed by atoms with van der Waals surface area (Å²) in [6.45, 7) is 7.55. The number of fused-ring (bicyclic) bond motifs is 1. The predicted octanol–water partition coefficient (Wildman–Crippen LogP) is 4.92. The Morgan fingerprint density at radius 3 is 2.57 bits per heavy atom. The number of furan rings is 1. The Kier molecular flexibility index (Phi) is 7.68. The third-order valence-corrected chi connectivity index (χ3v) is 6.61. The van der Waals surface area contributed by atoms with Crippen LogP contribution in [0.15, 0.2) is 68.4 Å². The molecular formula is C27H31N3O6S. The number of rotatable bonds is 8. The Bertz CT molecular complexity index is 1270. The van der Waals surface area contributed by atoms with Gasteiger partial charge in [0, 0.05) is 5.70 Å². The average molecular weight is 526 g/mol. The standard InChI is InChI=1S/C27H31N3O6S/c1-16-23(25(32)36-27(2,3)4)24(17-9-10-20(33-5)21(12-17)34-6)30-18(15-37-26(30)29-16)13-22(31)28-14-19-8-7-11-35-19/h7-12,15,24H,13-14H2,1-6H3,(H,28,31). The van der Waals surface area contributed by atoms with Crippen LogP contribution in [0.4, 0.5) is 0 Å². The third-order valence-electron chi connectivity index (χ3n) is 5.72. The number of allylic oxidation sites excluding steroid dienone is 1. The lowest BCUT2D eigenvalue weighted by atomic mass is 9.93. The van der Waals surface area contributed by atoms with E-state index >= 15 is 0 Å². The van der Waals surface area contributed by atoms with Gasteiger partial charge in [-0.3, -0.25) is 4.79 Å². The number of nitrogens with one attached hydrogen (secondary N) is 1. The molecule has 0 radical (unpaired) electrons. The van der Waals surface area contributed by atoms with Crippen molar-refractivity contribution < 1.29 is 28.2 Å². The fourth-order valence-corrected chi connectivity index (χ4v) is 5.09. The number of carbonyl (C=O) groups excluding carboxylic acids is 2. The van der Waals surface area contributed by atoms with Gasteiger partial charge in [0.1, 0.15) is 11.4 Å². The minimum Gasteiger partial charge on any atom is -0.493 e. The van der Waals surface area contributed by atoms with Crippen molar-refractivity contribution in [3.05, 3.63) is 70.3 Å². The van der Waals surface area contributed by atoms with Crippen LogP contribution < -0.4 is 14.8 Å². The molecule has 1 aromatic heterocycles. The number of nitrogens with zero attached hydrogens (tertiary/aromatic N) is 2. The van der Waals surface area contributed by atoms with Crippen LogP contribution in [0, 0.1) is 0 Å². The molecule has 4 rings (SSSR count). The van der Waals surface area contributed by atoms with E-state index in [-0.39, 0.29) is 18.9 Å². The number of hydrogen-bond acceptors (Lipinski definition) is 9. The first-order chi connectivity index (χ1) is 17.6. The SMILES string of the molecule is COc1ccc(C2C(C(=O)OC(C)(C)C)=C(C)N=C3SC=C(CC(=O)NCc4ccco4)N32)cc1OC. The number of amidine groups is 1. The molecule has 2 aromatic rings. The lowest BCUT2D eigenvalue weighted by molar-refractivity contribution is -0.150. The maximum Gasteiger partial charge on any atom is 0.338 e.